The molecule has 0 aromatic heterocycles. The fourth-order valence-electron chi connectivity index (χ4n) is 3.13. The fourth-order valence-corrected chi connectivity index (χ4v) is 4.81. The number of nitrogens with one attached hydrogen (secondary N) is 1. The first-order chi connectivity index (χ1) is 12.1. The van der Waals surface area contributed by atoms with Crippen LogP contribution in [0.2, 0.25) is 0 Å². The summed E-state index contributed by atoms with van der Waals surface area (Å²) in [7, 11) is 0.610. The molecule has 0 aliphatic heterocycles. The van der Waals surface area contributed by atoms with Gasteiger partial charge in [0, 0.05) is 22.8 Å². The smallest absolute Gasteiger partial charge is 0.119 e. The van der Waals surface area contributed by atoms with Crippen molar-refractivity contribution < 1.29 is 5.11 Å². The van der Waals surface area contributed by atoms with Crippen molar-refractivity contribution in [2.24, 2.45) is 0 Å². The summed E-state index contributed by atoms with van der Waals surface area (Å²) in [5.74, 6) is 0.412. The molecular formula is C23H34NOP. The predicted octanol–water partition coefficient (Wildman–Crippen LogP) is 5.53. The standard InChI is InChI=1S/C23H34NOP/c1-8-23(7,19-14-16(2)12-13-20(19)25)26-21-17(3)10-9-11-18(21)15-24-22(4,5)6/h9-14,24-26H,8,15H2,1-7H3. The van der Waals surface area contributed by atoms with Crippen molar-refractivity contribution in [3.63, 3.8) is 0 Å². The Bertz CT molecular complexity index is 763. The van der Waals surface area contributed by atoms with Crippen molar-refractivity contribution in [1.29, 1.82) is 0 Å². The molecule has 0 aliphatic carbocycles. The fraction of sp³-hybridized carbons (Fsp3) is 0.478. The number of benzene rings is 2. The van der Waals surface area contributed by atoms with E-state index in [0.717, 1.165) is 18.5 Å². The van der Waals surface area contributed by atoms with Gasteiger partial charge in [0.2, 0.25) is 0 Å². The molecule has 3 heteroatoms. The van der Waals surface area contributed by atoms with E-state index in [1.807, 2.05) is 12.1 Å². The second-order valence-corrected chi connectivity index (χ2v) is 10.4. The molecule has 2 N–H and O–H groups in total. The molecule has 2 atom stereocenters. The van der Waals surface area contributed by atoms with Crippen LogP contribution in [0.4, 0.5) is 0 Å². The van der Waals surface area contributed by atoms with Crippen LogP contribution in [0.5, 0.6) is 5.75 Å². The quantitative estimate of drug-likeness (QED) is 0.655. The molecule has 2 aromatic carbocycles. The van der Waals surface area contributed by atoms with Crippen molar-refractivity contribution in [3.05, 3.63) is 58.7 Å². The molecule has 0 fully saturated rings. The van der Waals surface area contributed by atoms with Crippen LogP contribution < -0.4 is 10.6 Å². The average molecular weight is 372 g/mol. The zero-order chi connectivity index (χ0) is 19.5. The number of rotatable bonds is 6. The van der Waals surface area contributed by atoms with Crippen LogP contribution in [-0.4, -0.2) is 10.6 Å². The average Bonchev–Trinajstić information content (AvgIpc) is 2.56. The Balaban J connectivity index is 2.42. The normalized spacial score (nSPS) is 14.7. The van der Waals surface area contributed by atoms with Crippen molar-refractivity contribution in [2.45, 2.75) is 72.1 Å². The number of phenols is 1. The van der Waals surface area contributed by atoms with Crippen LogP contribution in [0.3, 0.4) is 0 Å². The number of hydrogen-bond donors (Lipinski definition) is 2. The molecule has 0 saturated carbocycles. The zero-order valence-corrected chi connectivity index (χ0v) is 18.3. The number of aryl methyl sites for hydroxylation is 2. The van der Waals surface area contributed by atoms with Crippen molar-refractivity contribution >= 4 is 13.9 Å². The van der Waals surface area contributed by atoms with Gasteiger partial charge in [-0.2, -0.15) is 0 Å². The number of aromatic hydroxyl groups is 1. The lowest BCUT2D eigenvalue weighted by molar-refractivity contribution is 0.425. The first-order valence-corrected chi connectivity index (χ1v) is 10.5. The second kappa shape index (κ2) is 8.11. The van der Waals surface area contributed by atoms with E-state index >= 15 is 0 Å². The lowest BCUT2D eigenvalue weighted by atomic mass is 9.95. The molecule has 0 bridgehead atoms. The van der Waals surface area contributed by atoms with E-state index in [1.54, 1.807) is 0 Å². The summed E-state index contributed by atoms with van der Waals surface area (Å²) in [6.45, 7) is 16.3. The SMILES string of the molecule is CCC(C)(Pc1c(C)cccc1CNC(C)(C)C)c1cc(C)ccc1O. The van der Waals surface area contributed by atoms with Gasteiger partial charge in [-0.25, -0.2) is 0 Å². The summed E-state index contributed by atoms with van der Waals surface area (Å²) in [6.07, 6.45) is 0.989. The topological polar surface area (TPSA) is 32.3 Å². The molecule has 0 amide bonds. The Hall–Kier alpha value is -1.37. The molecular weight excluding hydrogens is 337 g/mol. The highest BCUT2D eigenvalue weighted by Crippen LogP contribution is 2.48. The third-order valence-electron chi connectivity index (χ3n) is 5.02. The maximum Gasteiger partial charge on any atom is 0.119 e. The second-order valence-electron chi connectivity index (χ2n) is 8.54. The summed E-state index contributed by atoms with van der Waals surface area (Å²) in [4.78, 5) is 0. The highest BCUT2D eigenvalue weighted by molar-refractivity contribution is 7.48. The van der Waals surface area contributed by atoms with Gasteiger partial charge in [-0.15, -0.1) is 0 Å². The van der Waals surface area contributed by atoms with E-state index in [4.69, 9.17) is 0 Å². The first kappa shape index (κ1) is 20.9. The third kappa shape index (κ3) is 5.09. The number of hydrogen-bond acceptors (Lipinski definition) is 2. The monoisotopic (exact) mass is 371 g/mol. The van der Waals surface area contributed by atoms with Gasteiger partial charge >= 0.3 is 0 Å². The van der Waals surface area contributed by atoms with Crippen LogP contribution in [0.1, 0.15) is 63.3 Å². The van der Waals surface area contributed by atoms with Crippen LogP contribution in [-0.2, 0) is 11.7 Å². The predicted molar refractivity (Wildman–Crippen MR) is 116 cm³/mol. The third-order valence-corrected chi connectivity index (χ3v) is 7.16. The van der Waals surface area contributed by atoms with E-state index in [-0.39, 0.29) is 10.7 Å². The maximum absolute atomic E-state index is 10.5. The van der Waals surface area contributed by atoms with Gasteiger partial charge in [-0.3, -0.25) is 0 Å². The van der Waals surface area contributed by atoms with Gasteiger partial charge in [0.05, 0.1) is 0 Å². The van der Waals surface area contributed by atoms with Gasteiger partial charge < -0.3 is 10.4 Å². The Morgan fingerprint density at radius 1 is 1.04 bits per heavy atom. The van der Waals surface area contributed by atoms with Crippen LogP contribution >= 0.6 is 8.58 Å². The van der Waals surface area contributed by atoms with Gasteiger partial charge in [0.15, 0.2) is 0 Å². The van der Waals surface area contributed by atoms with E-state index in [9.17, 15) is 5.11 Å². The van der Waals surface area contributed by atoms with Gasteiger partial charge in [0.1, 0.15) is 5.75 Å². The van der Waals surface area contributed by atoms with Crippen LogP contribution in [0.15, 0.2) is 36.4 Å². The van der Waals surface area contributed by atoms with Crippen molar-refractivity contribution in [1.82, 2.24) is 5.32 Å². The van der Waals surface area contributed by atoms with E-state index in [0.29, 0.717) is 14.3 Å². The van der Waals surface area contributed by atoms with Gasteiger partial charge in [-0.1, -0.05) is 58.3 Å². The summed E-state index contributed by atoms with van der Waals surface area (Å²) in [5, 5.41) is 15.5. The molecule has 0 radical (unpaired) electrons. The van der Waals surface area contributed by atoms with Gasteiger partial charge in [0.25, 0.3) is 0 Å². The molecule has 0 saturated heterocycles. The Morgan fingerprint density at radius 3 is 2.35 bits per heavy atom. The number of phenolic OH excluding ortho intramolecular Hbond substituents is 1. The molecule has 0 heterocycles. The maximum atomic E-state index is 10.5. The first-order valence-electron chi connectivity index (χ1n) is 9.47. The summed E-state index contributed by atoms with van der Waals surface area (Å²) < 4.78 is 0. The molecule has 0 spiro atoms. The minimum absolute atomic E-state index is 0.0707. The molecule has 2 nitrogen and oxygen atoms in total. The molecule has 2 unspecified atom stereocenters. The van der Waals surface area contributed by atoms with E-state index < -0.39 is 0 Å². The van der Waals surface area contributed by atoms with E-state index in [1.165, 1.54) is 22.0 Å². The molecule has 142 valence electrons. The lowest BCUT2D eigenvalue weighted by Gasteiger charge is -2.32. The Kier molecular flexibility index (Phi) is 6.53. The highest BCUT2D eigenvalue weighted by Gasteiger charge is 2.29. The minimum Gasteiger partial charge on any atom is -0.508 e. The molecule has 26 heavy (non-hydrogen) atoms. The zero-order valence-electron chi connectivity index (χ0n) is 17.3. The summed E-state index contributed by atoms with van der Waals surface area (Å²) in [5.41, 5.74) is 5.05. The van der Waals surface area contributed by atoms with E-state index in [2.05, 4.69) is 78.0 Å². The Morgan fingerprint density at radius 2 is 1.73 bits per heavy atom. The van der Waals surface area contributed by atoms with Crippen molar-refractivity contribution in [3.8, 4) is 5.75 Å². The van der Waals surface area contributed by atoms with Crippen molar-refractivity contribution in [2.75, 3.05) is 0 Å². The molecule has 2 aromatic rings. The minimum atomic E-state index is -0.0707. The summed E-state index contributed by atoms with van der Waals surface area (Å²) >= 11 is 0. The van der Waals surface area contributed by atoms with Crippen LogP contribution in [0, 0.1) is 13.8 Å². The largest absolute Gasteiger partial charge is 0.508 e. The summed E-state index contributed by atoms with van der Waals surface area (Å²) in [6, 6.07) is 12.6. The lowest BCUT2D eigenvalue weighted by Crippen LogP contribution is -2.36. The van der Waals surface area contributed by atoms with Crippen LogP contribution in [0.25, 0.3) is 0 Å². The molecule has 0 aliphatic rings. The molecule has 2 rings (SSSR count). The van der Waals surface area contributed by atoms with Gasteiger partial charge in [-0.05, 0) is 63.5 Å². The highest BCUT2D eigenvalue weighted by atomic mass is 31.1. The Labute approximate surface area is 161 Å².